The molecule has 2 aromatic heterocycles. The maximum absolute atomic E-state index is 12.7. The maximum atomic E-state index is 12.7. The van der Waals surface area contributed by atoms with Crippen LogP contribution in [0.15, 0.2) is 22.6 Å². The van der Waals surface area contributed by atoms with Gasteiger partial charge in [-0.25, -0.2) is 4.98 Å². The maximum Gasteiger partial charge on any atom is 0.422 e. The van der Waals surface area contributed by atoms with Crippen molar-refractivity contribution in [2.45, 2.75) is 51.7 Å². The van der Waals surface area contributed by atoms with Crippen molar-refractivity contribution in [1.29, 1.82) is 0 Å². The van der Waals surface area contributed by atoms with Gasteiger partial charge in [0, 0.05) is 19.0 Å². The Bertz CT molecular complexity index is 1150. The van der Waals surface area contributed by atoms with Gasteiger partial charge in [-0.1, -0.05) is 25.9 Å². The zero-order valence-corrected chi connectivity index (χ0v) is 19.3. The monoisotopic (exact) mass is 464 g/mol. The molecule has 0 saturated carbocycles. The van der Waals surface area contributed by atoms with Crippen LogP contribution >= 0.6 is 0 Å². The predicted octanol–water partition coefficient (Wildman–Crippen LogP) is 5.06. The summed E-state index contributed by atoms with van der Waals surface area (Å²) in [6.45, 7) is 7.75. The van der Waals surface area contributed by atoms with Crippen molar-refractivity contribution in [3.05, 3.63) is 29.3 Å². The lowest BCUT2D eigenvalue weighted by Crippen LogP contribution is -2.31. The molecule has 0 bridgehead atoms. The quantitative estimate of drug-likeness (QED) is 0.523. The first-order valence-corrected chi connectivity index (χ1v) is 10.7. The molecule has 1 aliphatic heterocycles. The van der Waals surface area contributed by atoms with E-state index < -0.39 is 18.2 Å². The predicted molar refractivity (Wildman–Crippen MR) is 118 cm³/mol. The molecular weight excluding hydrogens is 437 g/mol. The van der Waals surface area contributed by atoms with E-state index in [2.05, 4.69) is 10.2 Å². The van der Waals surface area contributed by atoms with Crippen LogP contribution in [0.2, 0.25) is 0 Å². The van der Waals surface area contributed by atoms with Gasteiger partial charge in [-0.15, -0.1) is 5.10 Å². The Labute approximate surface area is 189 Å². The Balaban J connectivity index is 1.74. The van der Waals surface area contributed by atoms with E-state index in [1.165, 1.54) is 0 Å². The Morgan fingerprint density at radius 3 is 2.55 bits per heavy atom. The average molecular weight is 464 g/mol. The Morgan fingerprint density at radius 2 is 1.91 bits per heavy atom. The lowest BCUT2D eigenvalue weighted by Gasteiger charge is -2.23. The molecule has 1 unspecified atom stereocenters. The van der Waals surface area contributed by atoms with Crippen molar-refractivity contribution in [3.63, 3.8) is 0 Å². The largest absolute Gasteiger partial charge is 0.484 e. The molecule has 1 aromatic carbocycles. The molecule has 0 N–H and O–H groups in total. The van der Waals surface area contributed by atoms with Gasteiger partial charge in [-0.3, -0.25) is 0 Å². The summed E-state index contributed by atoms with van der Waals surface area (Å²) in [5, 5.41) is 9.06. The first-order valence-electron chi connectivity index (χ1n) is 10.7. The van der Waals surface area contributed by atoms with Gasteiger partial charge in [-0.2, -0.15) is 13.2 Å². The number of rotatable bonds is 5. The van der Waals surface area contributed by atoms with Gasteiger partial charge < -0.3 is 18.8 Å². The van der Waals surface area contributed by atoms with E-state index in [1.54, 1.807) is 18.2 Å². The van der Waals surface area contributed by atoms with Crippen LogP contribution in [0.1, 0.15) is 38.3 Å². The number of halogens is 3. The molecule has 4 rings (SSSR count). The fourth-order valence-corrected chi connectivity index (χ4v) is 3.84. The van der Waals surface area contributed by atoms with Gasteiger partial charge in [0.25, 0.3) is 5.89 Å². The summed E-state index contributed by atoms with van der Waals surface area (Å²) < 4.78 is 54.5. The number of hydrogen-bond acceptors (Lipinski definition) is 7. The molecule has 1 atom stereocenters. The highest BCUT2D eigenvalue weighted by Gasteiger charge is 2.29. The van der Waals surface area contributed by atoms with Gasteiger partial charge in [0.2, 0.25) is 0 Å². The standard InChI is InChI=1S/C23H27F3N4O3/c1-13-8-18(20-28-29-21(33-20)30(5)14-6-7-31-11-14)27-19-16(13)9-15(32-12-23(24,25)26)10-17(19)22(2,3)4/h8-10,14H,6-7,11-12H2,1-5H3. The van der Waals surface area contributed by atoms with Crippen LogP contribution in [0.5, 0.6) is 5.75 Å². The number of alkyl halides is 3. The minimum atomic E-state index is -4.42. The van der Waals surface area contributed by atoms with Crippen LogP contribution in [-0.2, 0) is 10.2 Å². The second kappa shape index (κ2) is 8.48. The van der Waals surface area contributed by atoms with Crippen LogP contribution < -0.4 is 9.64 Å². The van der Waals surface area contributed by atoms with Gasteiger partial charge in [-0.05, 0) is 48.1 Å². The molecule has 3 heterocycles. The number of anilines is 1. The summed E-state index contributed by atoms with van der Waals surface area (Å²) in [4.78, 5) is 6.68. The first kappa shape index (κ1) is 23.3. The number of aromatic nitrogens is 3. The van der Waals surface area contributed by atoms with E-state index in [1.807, 2.05) is 39.6 Å². The normalized spacial score (nSPS) is 17.0. The molecule has 10 heteroatoms. The number of likely N-dealkylation sites (N-methyl/N-ethyl adjacent to an activating group) is 1. The smallest absolute Gasteiger partial charge is 0.422 e. The molecule has 0 spiro atoms. The van der Waals surface area contributed by atoms with Crippen molar-refractivity contribution in [1.82, 2.24) is 15.2 Å². The third-order valence-electron chi connectivity index (χ3n) is 5.69. The van der Waals surface area contributed by atoms with E-state index in [-0.39, 0.29) is 17.7 Å². The third-order valence-corrected chi connectivity index (χ3v) is 5.69. The van der Waals surface area contributed by atoms with Crippen LogP contribution in [-0.4, -0.2) is 54.3 Å². The van der Waals surface area contributed by atoms with Crippen LogP contribution in [0.25, 0.3) is 22.5 Å². The lowest BCUT2D eigenvalue weighted by atomic mass is 9.84. The highest BCUT2D eigenvalue weighted by atomic mass is 19.4. The zero-order valence-electron chi connectivity index (χ0n) is 19.3. The molecule has 3 aromatic rings. The molecule has 7 nitrogen and oxygen atoms in total. The lowest BCUT2D eigenvalue weighted by molar-refractivity contribution is -0.153. The minimum Gasteiger partial charge on any atom is -0.484 e. The molecule has 33 heavy (non-hydrogen) atoms. The summed E-state index contributed by atoms with van der Waals surface area (Å²) in [6, 6.07) is 5.56. The van der Waals surface area contributed by atoms with E-state index >= 15 is 0 Å². The van der Waals surface area contributed by atoms with Crippen molar-refractivity contribution in [2.75, 3.05) is 31.8 Å². The second-order valence-corrected chi connectivity index (χ2v) is 9.36. The number of pyridine rings is 1. The molecule has 0 amide bonds. The van der Waals surface area contributed by atoms with Crippen molar-refractivity contribution in [2.24, 2.45) is 0 Å². The summed E-state index contributed by atoms with van der Waals surface area (Å²) in [5.41, 5.74) is 2.35. The van der Waals surface area contributed by atoms with Crippen LogP contribution in [0.4, 0.5) is 19.2 Å². The average Bonchev–Trinajstić information content (AvgIpc) is 3.42. The summed E-state index contributed by atoms with van der Waals surface area (Å²) in [7, 11) is 1.88. The number of aryl methyl sites for hydroxylation is 1. The number of nitrogens with zero attached hydrogens (tertiary/aromatic N) is 4. The fraction of sp³-hybridized carbons (Fsp3) is 0.522. The van der Waals surface area contributed by atoms with Gasteiger partial charge in [0.15, 0.2) is 6.61 Å². The van der Waals surface area contributed by atoms with Crippen molar-refractivity contribution >= 4 is 16.9 Å². The van der Waals surface area contributed by atoms with E-state index in [0.29, 0.717) is 35.8 Å². The fourth-order valence-electron chi connectivity index (χ4n) is 3.84. The Kier molecular flexibility index (Phi) is 5.98. The van der Waals surface area contributed by atoms with Gasteiger partial charge >= 0.3 is 12.2 Å². The SMILES string of the molecule is Cc1cc(-c2nnc(N(C)C3CCOC3)o2)nc2c(C(C)(C)C)cc(OCC(F)(F)F)cc12. The molecule has 1 fully saturated rings. The topological polar surface area (TPSA) is 73.5 Å². The number of hydrogen-bond donors (Lipinski definition) is 0. The van der Waals surface area contributed by atoms with Crippen molar-refractivity contribution in [3.8, 4) is 17.3 Å². The molecule has 0 aliphatic carbocycles. The Morgan fingerprint density at radius 1 is 1.15 bits per heavy atom. The minimum absolute atomic E-state index is 0.155. The van der Waals surface area contributed by atoms with Crippen LogP contribution in [0, 0.1) is 6.92 Å². The first-order chi connectivity index (χ1) is 15.4. The highest BCUT2D eigenvalue weighted by molar-refractivity contribution is 5.89. The van der Waals surface area contributed by atoms with Gasteiger partial charge in [0.05, 0.1) is 18.2 Å². The molecule has 1 aliphatic rings. The Hall–Kier alpha value is -2.88. The molecule has 0 radical (unpaired) electrons. The number of ether oxygens (including phenoxy) is 2. The summed E-state index contributed by atoms with van der Waals surface area (Å²) >= 11 is 0. The third kappa shape index (κ3) is 5.05. The van der Waals surface area contributed by atoms with Gasteiger partial charge in [0.1, 0.15) is 11.4 Å². The number of benzene rings is 1. The van der Waals surface area contributed by atoms with E-state index in [4.69, 9.17) is 18.9 Å². The van der Waals surface area contributed by atoms with E-state index in [9.17, 15) is 13.2 Å². The van der Waals surface area contributed by atoms with Crippen molar-refractivity contribution < 1.29 is 27.1 Å². The molecule has 1 saturated heterocycles. The molecule has 178 valence electrons. The highest BCUT2D eigenvalue weighted by Crippen LogP contribution is 2.36. The summed E-state index contributed by atoms with van der Waals surface area (Å²) in [6.07, 6.45) is -3.53. The zero-order chi connectivity index (χ0) is 24.0. The molecular formula is C23H27F3N4O3. The summed E-state index contributed by atoms with van der Waals surface area (Å²) in [5.74, 6) is 0.431. The number of fused-ring (bicyclic) bond motifs is 1. The van der Waals surface area contributed by atoms with E-state index in [0.717, 1.165) is 17.5 Å². The van der Waals surface area contributed by atoms with Crippen LogP contribution in [0.3, 0.4) is 0 Å². The second-order valence-electron chi connectivity index (χ2n) is 9.36.